The Balaban J connectivity index is 2.13. The Labute approximate surface area is 131 Å². The number of benzene rings is 1. The van der Waals surface area contributed by atoms with E-state index in [0.717, 1.165) is 0 Å². The second-order valence-corrected chi connectivity index (χ2v) is 5.62. The van der Waals surface area contributed by atoms with Crippen molar-refractivity contribution in [1.82, 2.24) is 20.0 Å². The molecule has 1 aromatic carbocycles. The molecule has 0 fully saturated rings. The van der Waals surface area contributed by atoms with Crippen LogP contribution in [0.3, 0.4) is 0 Å². The van der Waals surface area contributed by atoms with Gasteiger partial charge < -0.3 is 10.2 Å². The Bertz CT molecular complexity index is 1120. The fourth-order valence-corrected chi connectivity index (χ4v) is 3.10. The van der Waals surface area contributed by atoms with E-state index in [1.165, 1.54) is 16.0 Å². The molecule has 3 heterocycles. The monoisotopic (exact) mass is 327 g/mol. The number of anilines is 1. The number of hydrogen-bond donors (Lipinski definition) is 2. The van der Waals surface area contributed by atoms with Crippen LogP contribution in [0, 0.1) is 0 Å². The average molecular weight is 327 g/mol. The zero-order valence-electron chi connectivity index (χ0n) is 11.5. The molecule has 0 aliphatic heterocycles. The van der Waals surface area contributed by atoms with Gasteiger partial charge in [0.2, 0.25) is 0 Å². The van der Waals surface area contributed by atoms with Gasteiger partial charge in [-0.2, -0.15) is 9.78 Å². The highest BCUT2D eigenvalue weighted by Crippen LogP contribution is 2.31. The van der Waals surface area contributed by atoms with E-state index in [0.29, 0.717) is 21.5 Å². The lowest BCUT2D eigenvalue weighted by atomic mass is 10.2. The molecule has 0 radical (unpaired) electrons. The zero-order chi connectivity index (χ0) is 16.0. The first-order chi connectivity index (χ1) is 11.1. The summed E-state index contributed by atoms with van der Waals surface area (Å²) < 4.78 is 6.20. The summed E-state index contributed by atoms with van der Waals surface area (Å²) in [6.07, 6.45) is 0. The predicted molar refractivity (Wildman–Crippen MR) is 85.7 cm³/mol. The van der Waals surface area contributed by atoms with Gasteiger partial charge in [-0.15, -0.1) is 16.4 Å². The molecule has 8 nitrogen and oxygen atoms in total. The summed E-state index contributed by atoms with van der Waals surface area (Å²) >= 11 is 1.22. The van der Waals surface area contributed by atoms with E-state index < -0.39 is 5.76 Å². The van der Waals surface area contributed by atoms with E-state index >= 15 is 0 Å². The van der Waals surface area contributed by atoms with Crippen molar-refractivity contribution in [3.63, 3.8) is 0 Å². The lowest BCUT2D eigenvalue weighted by Crippen LogP contribution is -2.22. The van der Waals surface area contributed by atoms with Crippen LogP contribution in [0.15, 0.2) is 49.7 Å². The fourth-order valence-electron chi connectivity index (χ4n) is 2.31. The Kier molecular flexibility index (Phi) is 2.88. The number of H-pyrrole nitrogens is 1. The number of aromatic nitrogens is 4. The van der Waals surface area contributed by atoms with Crippen LogP contribution in [0.5, 0.6) is 0 Å². The summed E-state index contributed by atoms with van der Waals surface area (Å²) in [7, 11) is 0. The molecule has 0 amide bonds. The summed E-state index contributed by atoms with van der Waals surface area (Å²) in [5, 5.41) is 13.2. The third kappa shape index (κ3) is 2.06. The van der Waals surface area contributed by atoms with Crippen molar-refractivity contribution in [2.75, 3.05) is 5.73 Å². The number of fused-ring (bicyclic) bond motifs is 1. The van der Waals surface area contributed by atoms with Crippen LogP contribution >= 0.6 is 11.3 Å². The molecule has 0 atom stereocenters. The molecule has 4 aromatic rings. The van der Waals surface area contributed by atoms with Crippen molar-refractivity contribution >= 4 is 27.1 Å². The summed E-state index contributed by atoms with van der Waals surface area (Å²) in [5.74, 6) is -0.696. The molecule has 0 bridgehead atoms. The van der Waals surface area contributed by atoms with Gasteiger partial charge in [-0.25, -0.2) is 9.89 Å². The molecule has 4 rings (SSSR count). The molecule has 23 heavy (non-hydrogen) atoms. The van der Waals surface area contributed by atoms with Gasteiger partial charge in [-0.05, 0) is 12.1 Å². The van der Waals surface area contributed by atoms with Crippen LogP contribution in [0.25, 0.3) is 28.0 Å². The molecule has 0 aliphatic rings. The maximum atomic E-state index is 12.7. The third-order valence-corrected chi connectivity index (χ3v) is 4.13. The number of para-hydroxylation sites is 1. The number of rotatable bonds is 2. The minimum Gasteiger partial charge on any atom is -0.390 e. The van der Waals surface area contributed by atoms with E-state index in [1.807, 2.05) is 6.07 Å². The quantitative estimate of drug-likeness (QED) is 0.574. The van der Waals surface area contributed by atoms with E-state index in [9.17, 15) is 9.59 Å². The van der Waals surface area contributed by atoms with E-state index in [-0.39, 0.29) is 17.1 Å². The smallest absolute Gasteiger partial charge is 0.390 e. The number of nitrogens with zero attached hydrogens (tertiary/aromatic N) is 3. The first-order valence-corrected chi connectivity index (χ1v) is 7.44. The maximum absolute atomic E-state index is 12.7. The van der Waals surface area contributed by atoms with Gasteiger partial charge in [-0.3, -0.25) is 4.79 Å². The number of nitrogens with two attached hydrogens (primary N) is 1. The number of aromatic amines is 1. The van der Waals surface area contributed by atoms with Gasteiger partial charge in [0.05, 0.1) is 16.1 Å². The molecular weight excluding hydrogens is 318 g/mol. The highest BCUT2D eigenvalue weighted by molar-refractivity contribution is 7.15. The van der Waals surface area contributed by atoms with Gasteiger partial charge in [0.1, 0.15) is 0 Å². The van der Waals surface area contributed by atoms with Crippen LogP contribution in [-0.4, -0.2) is 20.0 Å². The van der Waals surface area contributed by atoms with E-state index in [4.69, 9.17) is 10.2 Å². The minimum atomic E-state index is -0.699. The fraction of sp³-hybridized carbons (Fsp3) is 0. The summed E-state index contributed by atoms with van der Waals surface area (Å²) in [4.78, 5) is 23.9. The van der Waals surface area contributed by atoms with Crippen molar-refractivity contribution in [3.8, 4) is 17.3 Å². The van der Waals surface area contributed by atoms with Crippen LogP contribution in [0.1, 0.15) is 0 Å². The predicted octanol–water partition coefficient (Wildman–Crippen LogP) is 1.37. The normalized spacial score (nSPS) is 11.1. The largest absolute Gasteiger partial charge is 0.434 e. The van der Waals surface area contributed by atoms with Crippen molar-refractivity contribution < 1.29 is 4.42 Å². The Morgan fingerprint density at radius 2 is 2.00 bits per heavy atom. The molecular formula is C14H9N5O3S. The van der Waals surface area contributed by atoms with Crippen LogP contribution in [-0.2, 0) is 0 Å². The van der Waals surface area contributed by atoms with Crippen LogP contribution < -0.4 is 17.0 Å². The molecule has 0 aliphatic carbocycles. The SMILES string of the molecule is Nc1scc2c(-c3n[nH]c(=O)o3)nn(-c3ccccc3)c(=O)c12. The summed E-state index contributed by atoms with van der Waals surface area (Å²) in [6.45, 7) is 0. The second kappa shape index (κ2) is 4.92. The molecule has 0 saturated carbocycles. The van der Waals surface area contributed by atoms with E-state index in [2.05, 4.69) is 15.3 Å². The number of hydrogen-bond acceptors (Lipinski definition) is 7. The van der Waals surface area contributed by atoms with Gasteiger partial charge in [0.15, 0.2) is 5.69 Å². The Morgan fingerprint density at radius 3 is 2.70 bits per heavy atom. The summed E-state index contributed by atoms with van der Waals surface area (Å²) in [5.41, 5.74) is 6.44. The van der Waals surface area contributed by atoms with Crippen molar-refractivity contribution in [2.45, 2.75) is 0 Å². The minimum absolute atomic E-state index is 0.00230. The topological polar surface area (TPSA) is 120 Å². The number of thiophene rings is 1. The second-order valence-electron chi connectivity index (χ2n) is 4.71. The third-order valence-electron chi connectivity index (χ3n) is 3.32. The number of nitrogens with one attached hydrogen (secondary N) is 1. The van der Waals surface area contributed by atoms with E-state index in [1.54, 1.807) is 29.6 Å². The Morgan fingerprint density at radius 1 is 1.22 bits per heavy atom. The highest BCUT2D eigenvalue weighted by Gasteiger charge is 2.20. The maximum Gasteiger partial charge on any atom is 0.434 e. The molecule has 3 N–H and O–H groups in total. The lowest BCUT2D eigenvalue weighted by molar-refractivity contribution is 0.524. The van der Waals surface area contributed by atoms with Crippen LogP contribution in [0.2, 0.25) is 0 Å². The zero-order valence-corrected chi connectivity index (χ0v) is 12.3. The molecule has 0 spiro atoms. The van der Waals surface area contributed by atoms with Crippen molar-refractivity contribution in [1.29, 1.82) is 0 Å². The van der Waals surface area contributed by atoms with Crippen LogP contribution in [0.4, 0.5) is 5.00 Å². The Hall–Kier alpha value is -3.20. The first kappa shape index (κ1) is 13.5. The lowest BCUT2D eigenvalue weighted by Gasteiger charge is -2.07. The molecule has 9 heteroatoms. The van der Waals surface area contributed by atoms with Crippen molar-refractivity contribution in [2.24, 2.45) is 0 Å². The van der Waals surface area contributed by atoms with Gasteiger partial charge in [0, 0.05) is 10.8 Å². The van der Waals surface area contributed by atoms with Crippen molar-refractivity contribution in [3.05, 3.63) is 56.6 Å². The standard InChI is InChI=1S/C14H9N5O3S/c15-11-9-8(6-23-11)10(12-16-17-14(21)22-12)18-19(13(9)20)7-4-2-1-3-5-7/h1-6H,15H2,(H,17,21). The highest BCUT2D eigenvalue weighted by atomic mass is 32.1. The van der Waals surface area contributed by atoms with Gasteiger partial charge >= 0.3 is 5.76 Å². The molecule has 114 valence electrons. The van der Waals surface area contributed by atoms with Gasteiger partial charge in [-0.1, -0.05) is 18.2 Å². The first-order valence-electron chi connectivity index (χ1n) is 6.56. The van der Waals surface area contributed by atoms with Gasteiger partial charge in [0.25, 0.3) is 11.4 Å². The molecule has 0 saturated heterocycles. The summed E-state index contributed by atoms with van der Waals surface area (Å²) in [6, 6.07) is 8.90. The average Bonchev–Trinajstić information content (AvgIpc) is 3.16. The number of nitrogen functional groups attached to an aromatic ring is 1. The molecule has 0 unspecified atom stereocenters. The molecule has 3 aromatic heterocycles.